The molecule has 2 N–H and O–H groups in total. The van der Waals surface area contributed by atoms with Crippen LogP contribution in [0.2, 0.25) is 0 Å². The lowest BCUT2D eigenvalue weighted by molar-refractivity contribution is 0.393. The van der Waals surface area contributed by atoms with Crippen molar-refractivity contribution in [1.29, 1.82) is 0 Å². The van der Waals surface area contributed by atoms with Crippen LogP contribution in [0.4, 0.5) is 0 Å². The van der Waals surface area contributed by atoms with Crippen LogP contribution in [-0.2, 0) is 0 Å². The van der Waals surface area contributed by atoms with E-state index in [0.29, 0.717) is 18.0 Å². The summed E-state index contributed by atoms with van der Waals surface area (Å²) in [7, 11) is 0. The highest BCUT2D eigenvalue weighted by Crippen LogP contribution is 2.28. The van der Waals surface area contributed by atoms with Crippen molar-refractivity contribution >= 4 is 16.8 Å². The molecule has 0 saturated heterocycles. The van der Waals surface area contributed by atoms with E-state index >= 15 is 0 Å². The van der Waals surface area contributed by atoms with Crippen LogP contribution < -0.4 is 5.73 Å². The molecule has 0 amide bonds. The van der Waals surface area contributed by atoms with Crippen LogP contribution in [-0.4, -0.2) is 23.4 Å². The maximum Gasteiger partial charge on any atom is 0.0707 e. The lowest BCUT2D eigenvalue weighted by Gasteiger charge is -2.26. The maximum atomic E-state index is 5.89. The zero-order valence-corrected chi connectivity index (χ0v) is 10.3. The predicted octanol–water partition coefficient (Wildman–Crippen LogP) is 2.67. The second kappa shape index (κ2) is 5.76. The van der Waals surface area contributed by atoms with Crippen LogP contribution in [0.1, 0.15) is 39.5 Å². The van der Waals surface area contributed by atoms with Crippen LogP contribution in [0.15, 0.2) is 4.99 Å². The molecule has 1 aliphatic rings. The van der Waals surface area contributed by atoms with E-state index in [4.69, 9.17) is 5.73 Å². The van der Waals surface area contributed by atoms with Gasteiger partial charge in [-0.05, 0) is 45.8 Å². The summed E-state index contributed by atoms with van der Waals surface area (Å²) in [5.41, 5.74) is 5.89. The lowest BCUT2D eigenvalue weighted by atomic mass is 9.87. The quantitative estimate of drug-likeness (QED) is 0.567. The van der Waals surface area contributed by atoms with E-state index in [0.717, 1.165) is 0 Å². The summed E-state index contributed by atoms with van der Waals surface area (Å²) in [6, 6.07) is 0.862. The highest BCUT2D eigenvalue weighted by atomic mass is 32.2. The molecule has 0 aromatic carbocycles. The molecule has 0 spiro atoms. The van der Waals surface area contributed by atoms with E-state index in [1.54, 1.807) is 0 Å². The van der Waals surface area contributed by atoms with Crippen LogP contribution in [0.3, 0.4) is 0 Å². The average Bonchev–Trinajstić information content (AvgIpc) is 2.15. The molecule has 2 nitrogen and oxygen atoms in total. The van der Waals surface area contributed by atoms with Crippen molar-refractivity contribution in [2.24, 2.45) is 16.6 Å². The first kappa shape index (κ1) is 12.1. The molecule has 0 aromatic heterocycles. The molecule has 0 aliphatic heterocycles. The van der Waals surface area contributed by atoms with Gasteiger partial charge >= 0.3 is 0 Å². The second-order valence-corrected chi connectivity index (χ2v) is 5.20. The average molecular weight is 214 g/mol. The summed E-state index contributed by atoms with van der Waals surface area (Å²) in [6.45, 7) is 4.29. The molecule has 1 rings (SSSR count). The Kier molecular flexibility index (Phi) is 4.96. The van der Waals surface area contributed by atoms with Crippen LogP contribution in [0.5, 0.6) is 0 Å². The highest BCUT2D eigenvalue weighted by molar-refractivity contribution is 8.13. The summed E-state index contributed by atoms with van der Waals surface area (Å²) >= 11 is 1.82. The molecule has 1 aliphatic carbocycles. The minimum atomic E-state index is 0.424. The van der Waals surface area contributed by atoms with E-state index in [1.807, 2.05) is 11.8 Å². The van der Waals surface area contributed by atoms with Gasteiger partial charge in [0.05, 0.1) is 5.04 Å². The minimum Gasteiger partial charge on any atom is -0.328 e. The normalized spacial score (nSPS) is 29.6. The third-order valence-corrected chi connectivity index (χ3v) is 3.57. The van der Waals surface area contributed by atoms with Crippen molar-refractivity contribution in [3.05, 3.63) is 0 Å². The molecule has 0 atom stereocenters. The van der Waals surface area contributed by atoms with Gasteiger partial charge in [-0.25, -0.2) is 0 Å². The fourth-order valence-electron chi connectivity index (χ4n) is 1.95. The molecule has 82 valence electrons. The van der Waals surface area contributed by atoms with Crippen molar-refractivity contribution < 1.29 is 0 Å². The molecular weight excluding hydrogens is 192 g/mol. The smallest absolute Gasteiger partial charge is 0.0707 e. The molecular formula is C11H22N2S. The molecule has 0 bridgehead atoms. The van der Waals surface area contributed by atoms with Crippen molar-refractivity contribution in [3.63, 3.8) is 0 Å². The Bertz CT molecular complexity index is 193. The monoisotopic (exact) mass is 214 g/mol. The van der Waals surface area contributed by atoms with Gasteiger partial charge in [0.1, 0.15) is 0 Å². The van der Waals surface area contributed by atoms with Crippen molar-refractivity contribution in [2.75, 3.05) is 6.26 Å². The van der Waals surface area contributed by atoms with E-state index in [1.165, 1.54) is 30.7 Å². The van der Waals surface area contributed by atoms with Gasteiger partial charge in [-0.15, -0.1) is 11.8 Å². The minimum absolute atomic E-state index is 0.424. The molecule has 1 fully saturated rings. The Morgan fingerprint density at radius 1 is 1.29 bits per heavy atom. The van der Waals surface area contributed by atoms with Gasteiger partial charge in [0, 0.05) is 18.0 Å². The first-order valence-electron chi connectivity index (χ1n) is 5.50. The Morgan fingerprint density at radius 3 is 2.29 bits per heavy atom. The fourth-order valence-corrected chi connectivity index (χ4v) is 2.83. The Labute approximate surface area is 91.7 Å². The summed E-state index contributed by atoms with van der Waals surface area (Å²) in [5, 5.41) is 1.34. The van der Waals surface area contributed by atoms with Gasteiger partial charge < -0.3 is 5.73 Å². The van der Waals surface area contributed by atoms with Gasteiger partial charge in [0.25, 0.3) is 0 Å². The summed E-state index contributed by atoms with van der Waals surface area (Å²) in [4.78, 5) is 4.68. The predicted molar refractivity (Wildman–Crippen MR) is 66.0 cm³/mol. The number of rotatable bonds is 2. The fraction of sp³-hybridized carbons (Fsp3) is 0.909. The SMILES string of the molecule is CS/C(=N\C(C)C)C1CCC(N)CC1. The van der Waals surface area contributed by atoms with Gasteiger partial charge in [0.15, 0.2) is 0 Å². The number of aliphatic imine (C=N–C) groups is 1. The van der Waals surface area contributed by atoms with Crippen molar-refractivity contribution in [2.45, 2.75) is 51.6 Å². The summed E-state index contributed by atoms with van der Waals surface area (Å²) in [6.07, 6.45) is 6.93. The summed E-state index contributed by atoms with van der Waals surface area (Å²) < 4.78 is 0. The Hall–Kier alpha value is -0.0200. The lowest BCUT2D eigenvalue weighted by Crippen LogP contribution is -2.29. The third kappa shape index (κ3) is 3.62. The number of nitrogens with two attached hydrogens (primary N) is 1. The standard InChI is InChI=1S/C11H22N2S/c1-8(2)13-11(14-3)9-4-6-10(12)7-5-9/h8-10H,4-7,12H2,1-3H3/b13-11-. The molecule has 14 heavy (non-hydrogen) atoms. The summed E-state index contributed by atoms with van der Waals surface area (Å²) in [5.74, 6) is 0.687. The zero-order valence-electron chi connectivity index (χ0n) is 9.49. The Morgan fingerprint density at radius 2 is 1.86 bits per heavy atom. The van der Waals surface area contributed by atoms with Crippen LogP contribution in [0.25, 0.3) is 0 Å². The number of hydrogen-bond donors (Lipinski definition) is 1. The van der Waals surface area contributed by atoms with Crippen molar-refractivity contribution in [1.82, 2.24) is 0 Å². The number of thioether (sulfide) groups is 1. The van der Waals surface area contributed by atoms with Gasteiger partial charge in [-0.1, -0.05) is 0 Å². The second-order valence-electron chi connectivity index (χ2n) is 4.38. The van der Waals surface area contributed by atoms with E-state index < -0.39 is 0 Å². The van der Waals surface area contributed by atoms with Gasteiger partial charge in [-0.2, -0.15) is 0 Å². The molecule has 0 unspecified atom stereocenters. The maximum absolute atomic E-state index is 5.89. The van der Waals surface area contributed by atoms with E-state index in [-0.39, 0.29) is 0 Å². The first-order chi connectivity index (χ1) is 6.63. The Balaban J connectivity index is 2.53. The van der Waals surface area contributed by atoms with Crippen LogP contribution in [0, 0.1) is 5.92 Å². The van der Waals surface area contributed by atoms with Gasteiger partial charge in [0.2, 0.25) is 0 Å². The first-order valence-corrected chi connectivity index (χ1v) is 6.73. The number of nitrogens with zero attached hydrogens (tertiary/aromatic N) is 1. The topological polar surface area (TPSA) is 38.4 Å². The van der Waals surface area contributed by atoms with E-state index in [9.17, 15) is 0 Å². The molecule has 0 radical (unpaired) electrons. The van der Waals surface area contributed by atoms with Crippen LogP contribution >= 0.6 is 11.8 Å². The highest BCUT2D eigenvalue weighted by Gasteiger charge is 2.22. The largest absolute Gasteiger partial charge is 0.328 e. The number of hydrogen-bond acceptors (Lipinski definition) is 3. The van der Waals surface area contributed by atoms with Crippen molar-refractivity contribution in [3.8, 4) is 0 Å². The molecule has 1 saturated carbocycles. The molecule has 0 heterocycles. The van der Waals surface area contributed by atoms with Gasteiger partial charge in [-0.3, -0.25) is 4.99 Å². The molecule has 3 heteroatoms. The third-order valence-electron chi connectivity index (χ3n) is 2.72. The zero-order chi connectivity index (χ0) is 10.6. The van der Waals surface area contributed by atoms with E-state index in [2.05, 4.69) is 25.1 Å². The molecule has 0 aromatic rings.